The Labute approximate surface area is 124 Å². The van der Waals surface area contributed by atoms with Crippen molar-refractivity contribution in [2.24, 2.45) is 5.73 Å². The average molecular weight is 304 g/mol. The van der Waals surface area contributed by atoms with E-state index >= 15 is 0 Å². The van der Waals surface area contributed by atoms with E-state index in [0.29, 0.717) is 29.5 Å². The minimum Gasteiger partial charge on any atom is -0.493 e. The number of benzene rings is 1. The first-order chi connectivity index (χ1) is 8.97. The Morgan fingerprint density at radius 3 is 2.68 bits per heavy atom. The Balaban J connectivity index is 3.08. The topological polar surface area (TPSA) is 44.5 Å². The summed E-state index contributed by atoms with van der Waals surface area (Å²) in [6, 6.07) is 3.58. The maximum atomic E-state index is 6.07. The number of nitrogens with two attached hydrogens (primary N) is 1. The standard InChI is InChI=1S/C14H19Cl2NO2/c1-9(7-15)8-19-14-11(4-10(2)17)5-12(16)6-13(14)18-3/h5-7,10H,4,8,17H2,1-3H3/b9-7+. The first-order valence-electron chi connectivity index (χ1n) is 5.98. The van der Waals surface area contributed by atoms with Gasteiger partial charge in [0.05, 0.1) is 7.11 Å². The molecule has 0 aliphatic heterocycles. The van der Waals surface area contributed by atoms with Crippen molar-refractivity contribution >= 4 is 23.2 Å². The van der Waals surface area contributed by atoms with Gasteiger partial charge in [-0.2, -0.15) is 0 Å². The lowest BCUT2D eigenvalue weighted by molar-refractivity contribution is 0.315. The average Bonchev–Trinajstić information content (AvgIpc) is 2.35. The summed E-state index contributed by atoms with van der Waals surface area (Å²) in [6.07, 6.45) is 0.663. The molecule has 3 nitrogen and oxygen atoms in total. The molecule has 19 heavy (non-hydrogen) atoms. The van der Waals surface area contributed by atoms with Crippen LogP contribution in [-0.4, -0.2) is 19.8 Å². The van der Waals surface area contributed by atoms with Crippen molar-refractivity contribution < 1.29 is 9.47 Å². The minimum absolute atomic E-state index is 0.00943. The summed E-state index contributed by atoms with van der Waals surface area (Å²) in [5, 5.41) is 0.601. The van der Waals surface area contributed by atoms with Crippen LogP contribution in [0, 0.1) is 0 Å². The van der Waals surface area contributed by atoms with E-state index in [-0.39, 0.29) is 6.04 Å². The molecule has 1 aromatic carbocycles. The molecular weight excluding hydrogens is 285 g/mol. The van der Waals surface area contributed by atoms with Crippen molar-refractivity contribution in [1.82, 2.24) is 0 Å². The summed E-state index contributed by atoms with van der Waals surface area (Å²) in [7, 11) is 1.58. The van der Waals surface area contributed by atoms with Crippen molar-refractivity contribution in [2.45, 2.75) is 26.3 Å². The van der Waals surface area contributed by atoms with Crippen LogP contribution < -0.4 is 15.2 Å². The Kier molecular flexibility index (Phi) is 6.49. The molecule has 0 heterocycles. The number of methoxy groups -OCH3 is 1. The molecule has 0 spiro atoms. The van der Waals surface area contributed by atoms with Gasteiger partial charge in [0.25, 0.3) is 0 Å². The van der Waals surface area contributed by atoms with Crippen molar-refractivity contribution in [3.8, 4) is 11.5 Å². The maximum absolute atomic E-state index is 6.07. The van der Waals surface area contributed by atoms with E-state index in [1.54, 1.807) is 13.2 Å². The highest BCUT2D eigenvalue weighted by Gasteiger charge is 2.14. The molecule has 0 bridgehead atoms. The third kappa shape index (κ3) is 4.94. The Morgan fingerprint density at radius 2 is 2.16 bits per heavy atom. The zero-order valence-electron chi connectivity index (χ0n) is 11.4. The summed E-state index contributed by atoms with van der Waals surface area (Å²) >= 11 is 11.7. The summed E-state index contributed by atoms with van der Waals surface area (Å²) in [4.78, 5) is 0. The van der Waals surface area contributed by atoms with Crippen LogP contribution in [0.25, 0.3) is 0 Å². The number of hydrogen-bond donors (Lipinski definition) is 1. The fourth-order valence-corrected chi connectivity index (χ4v) is 1.95. The van der Waals surface area contributed by atoms with Crippen LogP contribution >= 0.6 is 23.2 Å². The van der Waals surface area contributed by atoms with E-state index in [1.165, 1.54) is 5.54 Å². The number of halogens is 2. The SMILES string of the molecule is COc1cc(Cl)cc(CC(C)N)c1OC/C(C)=C/Cl. The van der Waals surface area contributed by atoms with Gasteiger partial charge in [0.1, 0.15) is 6.61 Å². The molecule has 0 aromatic heterocycles. The maximum Gasteiger partial charge on any atom is 0.164 e. The van der Waals surface area contributed by atoms with Crippen LogP contribution in [0.3, 0.4) is 0 Å². The van der Waals surface area contributed by atoms with Gasteiger partial charge < -0.3 is 15.2 Å². The van der Waals surface area contributed by atoms with Crippen LogP contribution in [0.2, 0.25) is 5.02 Å². The molecule has 1 atom stereocenters. The predicted molar refractivity (Wildman–Crippen MR) is 80.5 cm³/mol. The molecule has 1 aromatic rings. The van der Waals surface area contributed by atoms with E-state index in [0.717, 1.165) is 11.1 Å². The van der Waals surface area contributed by atoms with E-state index in [4.69, 9.17) is 38.4 Å². The largest absolute Gasteiger partial charge is 0.493 e. The van der Waals surface area contributed by atoms with Gasteiger partial charge in [0.15, 0.2) is 11.5 Å². The van der Waals surface area contributed by atoms with Crippen molar-refractivity contribution in [1.29, 1.82) is 0 Å². The highest BCUT2D eigenvalue weighted by atomic mass is 35.5. The minimum atomic E-state index is 0.00943. The lowest BCUT2D eigenvalue weighted by Gasteiger charge is -2.17. The third-order valence-corrected chi connectivity index (χ3v) is 3.08. The summed E-state index contributed by atoms with van der Waals surface area (Å²) in [5.41, 5.74) is 9.19. The smallest absolute Gasteiger partial charge is 0.164 e. The quantitative estimate of drug-likeness (QED) is 0.870. The zero-order valence-corrected chi connectivity index (χ0v) is 12.9. The van der Waals surface area contributed by atoms with Gasteiger partial charge in [0.2, 0.25) is 0 Å². The second-order valence-corrected chi connectivity index (χ2v) is 5.18. The molecule has 0 fully saturated rings. The van der Waals surface area contributed by atoms with Gasteiger partial charge in [-0.3, -0.25) is 0 Å². The van der Waals surface area contributed by atoms with Gasteiger partial charge in [-0.15, -0.1) is 0 Å². The fraction of sp³-hybridized carbons (Fsp3) is 0.429. The summed E-state index contributed by atoms with van der Waals surface area (Å²) in [6.45, 7) is 4.22. The first kappa shape index (κ1) is 16.2. The molecule has 0 aliphatic rings. The Bertz CT molecular complexity index is 459. The second kappa shape index (κ2) is 7.63. The van der Waals surface area contributed by atoms with E-state index in [2.05, 4.69) is 0 Å². The van der Waals surface area contributed by atoms with Crippen LogP contribution in [0.1, 0.15) is 19.4 Å². The number of rotatable bonds is 6. The molecule has 2 N–H and O–H groups in total. The molecule has 0 saturated carbocycles. The normalized spacial score (nSPS) is 13.3. The molecule has 0 aliphatic carbocycles. The number of hydrogen-bond acceptors (Lipinski definition) is 3. The van der Waals surface area contributed by atoms with E-state index in [9.17, 15) is 0 Å². The van der Waals surface area contributed by atoms with Crippen LogP contribution in [0.15, 0.2) is 23.2 Å². The summed E-state index contributed by atoms with van der Waals surface area (Å²) < 4.78 is 11.1. The van der Waals surface area contributed by atoms with Gasteiger partial charge in [-0.05, 0) is 31.9 Å². The third-order valence-electron chi connectivity index (χ3n) is 2.49. The van der Waals surface area contributed by atoms with E-state index < -0.39 is 0 Å². The first-order valence-corrected chi connectivity index (χ1v) is 6.80. The monoisotopic (exact) mass is 303 g/mol. The van der Waals surface area contributed by atoms with Gasteiger partial charge in [0, 0.05) is 28.2 Å². The number of ether oxygens (including phenoxy) is 2. The molecule has 1 rings (SSSR count). The Hall–Kier alpha value is -0.900. The lowest BCUT2D eigenvalue weighted by atomic mass is 10.1. The highest BCUT2D eigenvalue weighted by molar-refractivity contribution is 6.30. The van der Waals surface area contributed by atoms with Crippen molar-refractivity contribution in [3.63, 3.8) is 0 Å². The zero-order chi connectivity index (χ0) is 14.4. The second-order valence-electron chi connectivity index (χ2n) is 4.52. The van der Waals surface area contributed by atoms with Crippen LogP contribution in [-0.2, 0) is 6.42 Å². The Morgan fingerprint density at radius 1 is 1.47 bits per heavy atom. The molecule has 0 radical (unpaired) electrons. The highest BCUT2D eigenvalue weighted by Crippen LogP contribution is 2.35. The lowest BCUT2D eigenvalue weighted by Crippen LogP contribution is -2.18. The fourth-order valence-electron chi connectivity index (χ4n) is 1.65. The van der Waals surface area contributed by atoms with Gasteiger partial charge in [-0.1, -0.05) is 23.2 Å². The van der Waals surface area contributed by atoms with Gasteiger partial charge >= 0.3 is 0 Å². The molecule has 106 valence electrons. The summed E-state index contributed by atoms with van der Waals surface area (Å²) in [5.74, 6) is 1.27. The predicted octanol–water partition coefficient (Wildman–Crippen LogP) is 3.76. The van der Waals surface area contributed by atoms with E-state index in [1.807, 2.05) is 19.9 Å². The molecule has 0 amide bonds. The van der Waals surface area contributed by atoms with Crippen LogP contribution in [0.5, 0.6) is 11.5 Å². The molecule has 0 saturated heterocycles. The van der Waals surface area contributed by atoms with Gasteiger partial charge in [-0.25, -0.2) is 0 Å². The van der Waals surface area contributed by atoms with Crippen LogP contribution in [0.4, 0.5) is 0 Å². The van der Waals surface area contributed by atoms with Crippen molar-refractivity contribution in [2.75, 3.05) is 13.7 Å². The molecular formula is C14H19Cl2NO2. The molecule has 5 heteroatoms. The molecule has 1 unspecified atom stereocenters. The van der Waals surface area contributed by atoms with Crippen molar-refractivity contribution in [3.05, 3.63) is 33.8 Å².